The minimum Gasteiger partial charge on any atom is -0.495 e. The molecule has 174 valence electrons. The number of nitrogens with two attached hydrogens (primary N) is 1. The Kier molecular flexibility index (Phi) is 6.59. The molecular formula is C23H21N5O4S2. The highest BCUT2D eigenvalue weighted by Gasteiger charge is 2.20. The fraction of sp³-hybridized carbons (Fsp3) is 0.0870. The molecule has 0 amide bonds. The second-order valence-corrected chi connectivity index (χ2v) is 9.19. The second kappa shape index (κ2) is 9.59. The van der Waals surface area contributed by atoms with Gasteiger partial charge in [0.2, 0.25) is 21.0 Å². The first-order valence-corrected chi connectivity index (χ1v) is 12.0. The summed E-state index contributed by atoms with van der Waals surface area (Å²) in [6, 6.07) is 21.1. The Balaban J connectivity index is 1.71. The SMILES string of the molecule is COc1cccc2c(N=NC(=S)Nc3ccccc3S(N)(=O)=O)c(O)n(Cc3ccccc3)c12. The third kappa shape index (κ3) is 4.76. The number of rotatable bonds is 6. The lowest BCUT2D eigenvalue weighted by Gasteiger charge is -2.09. The third-order valence-electron chi connectivity index (χ3n) is 5.07. The Morgan fingerprint density at radius 1 is 1.09 bits per heavy atom. The summed E-state index contributed by atoms with van der Waals surface area (Å²) >= 11 is 5.22. The molecule has 0 atom stereocenters. The number of methoxy groups -OCH3 is 1. The minimum absolute atomic E-state index is 0.109. The monoisotopic (exact) mass is 495 g/mol. The molecule has 0 aliphatic carbocycles. The average molecular weight is 496 g/mol. The molecular weight excluding hydrogens is 474 g/mol. The number of aromatic nitrogens is 1. The lowest BCUT2D eigenvalue weighted by Crippen LogP contribution is -2.16. The van der Waals surface area contributed by atoms with Gasteiger partial charge in [0.25, 0.3) is 0 Å². The van der Waals surface area contributed by atoms with Gasteiger partial charge < -0.3 is 19.7 Å². The molecule has 0 saturated heterocycles. The molecule has 1 heterocycles. The van der Waals surface area contributed by atoms with Gasteiger partial charge in [-0.05, 0) is 36.0 Å². The number of sulfonamides is 1. The maximum atomic E-state index is 11.8. The molecule has 0 fully saturated rings. The van der Waals surface area contributed by atoms with Crippen LogP contribution in [0.15, 0.2) is 87.9 Å². The zero-order valence-corrected chi connectivity index (χ0v) is 19.7. The van der Waals surface area contributed by atoms with Gasteiger partial charge in [-0.1, -0.05) is 54.6 Å². The third-order valence-corrected chi connectivity index (χ3v) is 6.22. The van der Waals surface area contributed by atoms with E-state index in [1.807, 2.05) is 30.3 Å². The molecule has 0 unspecified atom stereocenters. The van der Waals surface area contributed by atoms with E-state index in [0.717, 1.165) is 5.56 Å². The Morgan fingerprint density at radius 2 is 1.79 bits per heavy atom. The van der Waals surface area contributed by atoms with Crippen molar-refractivity contribution >= 4 is 49.6 Å². The standard InChI is InChI=1S/C23H21N5O4S2/c1-32-18-12-7-10-16-20(22(29)28(21(16)18)14-15-8-3-2-4-9-15)26-27-23(33)25-17-11-5-6-13-19(17)34(24,30)31/h2-13,29H,14H2,1H3,(H,25,33)(H2,24,30,31). The largest absolute Gasteiger partial charge is 0.495 e. The Labute approximate surface area is 201 Å². The predicted octanol–water partition coefficient (Wildman–Crippen LogP) is 4.53. The first-order valence-electron chi connectivity index (χ1n) is 10.1. The van der Waals surface area contributed by atoms with E-state index >= 15 is 0 Å². The van der Waals surface area contributed by atoms with E-state index in [1.165, 1.54) is 12.1 Å². The van der Waals surface area contributed by atoms with E-state index in [1.54, 1.807) is 42.0 Å². The number of hydrogen-bond donors (Lipinski definition) is 3. The number of nitrogens with zero attached hydrogens (tertiary/aromatic N) is 3. The molecule has 9 nitrogen and oxygen atoms in total. The quantitative estimate of drug-likeness (QED) is 0.266. The van der Waals surface area contributed by atoms with Crippen molar-refractivity contribution in [2.45, 2.75) is 11.4 Å². The first kappa shape index (κ1) is 23.4. The average Bonchev–Trinajstić information content (AvgIpc) is 3.09. The van der Waals surface area contributed by atoms with Crippen molar-refractivity contribution in [1.82, 2.24) is 4.57 Å². The van der Waals surface area contributed by atoms with Crippen LogP contribution in [0.4, 0.5) is 11.4 Å². The fourth-order valence-corrected chi connectivity index (χ4v) is 4.43. The number of nitrogens with one attached hydrogen (secondary N) is 1. The van der Waals surface area contributed by atoms with Crippen LogP contribution in [0.2, 0.25) is 0 Å². The Morgan fingerprint density at radius 3 is 2.50 bits per heavy atom. The Hall–Kier alpha value is -3.80. The van der Waals surface area contributed by atoms with Gasteiger partial charge in [0.1, 0.15) is 10.6 Å². The molecule has 0 radical (unpaired) electrons. The summed E-state index contributed by atoms with van der Waals surface area (Å²) in [6.45, 7) is 0.378. The van der Waals surface area contributed by atoms with Crippen molar-refractivity contribution in [3.05, 3.63) is 78.4 Å². The number of azo groups is 1. The molecule has 1 aromatic heterocycles. The number of aromatic hydroxyl groups is 1. The van der Waals surface area contributed by atoms with E-state index in [0.29, 0.717) is 23.2 Å². The molecule has 4 aromatic rings. The number of hydrogen-bond acceptors (Lipinski definition) is 6. The topological polar surface area (TPSA) is 131 Å². The number of ether oxygens (including phenoxy) is 1. The number of fused-ring (bicyclic) bond motifs is 1. The molecule has 0 saturated carbocycles. The van der Waals surface area contributed by atoms with Crippen molar-refractivity contribution < 1.29 is 18.3 Å². The summed E-state index contributed by atoms with van der Waals surface area (Å²) in [4.78, 5) is -0.125. The molecule has 0 spiro atoms. The Bertz CT molecular complexity index is 1500. The number of para-hydroxylation sites is 2. The highest BCUT2D eigenvalue weighted by molar-refractivity contribution is 7.89. The highest BCUT2D eigenvalue weighted by Crippen LogP contribution is 2.43. The molecule has 0 aliphatic rings. The fourth-order valence-electron chi connectivity index (χ4n) is 3.58. The van der Waals surface area contributed by atoms with Crippen LogP contribution in [0.5, 0.6) is 11.6 Å². The van der Waals surface area contributed by atoms with Crippen molar-refractivity contribution in [1.29, 1.82) is 0 Å². The summed E-state index contributed by atoms with van der Waals surface area (Å²) in [7, 11) is -2.42. The lowest BCUT2D eigenvalue weighted by molar-refractivity contribution is 0.409. The number of thiocarbonyl (C=S) groups is 1. The van der Waals surface area contributed by atoms with Gasteiger partial charge in [0.05, 0.1) is 24.9 Å². The van der Waals surface area contributed by atoms with Crippen LogP contribution in [-0.4, -0.2) is 30.3 Å². The van der Waals surface area contributed by atoms with E-state index in [9.17, 15) is 13.5 Å². The maximum absolute atomic E-state index is 11.8. The maximum Gasteiger partial charge on any atom is 0.240 e. The van der Waals surface area contributed by atoms with Crippen LogP contribution in [-0.2, 0) is 16.6 Å². The minimum atomic E-state index is -3.97. The predicted molar refractivity (Wildman–Crippen MR) is 134 cm³/mol. The molecule has 0 bridgehead atoms. The van der Waals surface area contributed by atoms with Crippen LogP contribution in [0.1, 0.15) is 5.56 Å². The van der Waals surface area contributed by atoms with Crippen molar-refractivity contribution in [3.8, 4) is 11.6 Å². The molecule has 3 aromatic carbocycles. The van der Waals surface area contributed by atoms with Crippen LogP contribution in [0.3, 0.4) is 0 Å². The van der Waals surface area contributed by atoms with E-state index in [-0.39, 0.29) is 27.3 Å². The van der Waals surface area contributed by atoms with Gasteiger partial charge in [-0.25, -0.2) is 13.6 Å². The number of benzene rings is 3. The highest BCUT2D eigenvalue weighted by atomic mass is 32.2. The summed E-state index contributed by atoms with van der Waals surface area (Å²) < 4.78 is 30.8. The van der Waals surface area contributed by atoms with E-state index < -0.39 is 10.0 Å². The summed E-state index contributed by atoms with van der Waals surface area (Å²) in [5, 5.41) is 27.7. The van der Waals surface area contributed by atoms with Crippen LogP contribution >= 0.6 is 12.2 Å². The summed E-state index contributed by atoms with van der Waals surface area (Å²) in [5.41, 5.74) is 2.00. The second-order valence-electron chi connectivity index (χ2n) is 7.27. The zero-order valence-electron chi connectivity index (χ0n) is 18.0. The molecule has 4 N–H and O–H groups in total. The smallest absolute Gasteiger partial charge is 0.240 e. The molecule has 34 heavy (non-hydrogen) atoms. The van der Waals surface area contributed by atoms with Gasteiger partial charge in [-0.15, -0.1) is 10.2 Å². The van der Waals surface area contributed by atoms with Gasteiger partial charge in [0.15, 0.2) is 5.69 Å². The van der Waals surface area contributed by atoms with E-state index in [4.69, 9.17) is 22.1 Å². The molecule has 4 rings (SSSR count). The van der Waals surface area contributed by atoms with Crippen molar-refractivity contribution in [3.63, 3.8) is 0 Å². The summed E-state index contributed by atoms with van der Waals surface area (Å²) in [5.74, 6) is 0.452. The first-order chi connectivity index (χ1) is 16.3. The normalized spacial score (nSPS) is 11.7. The zero-order chi connectivity index (χ0) is 24.3. The van der Waals surface area contributed by atoms with Gasteiger partial charge in [-0.3, -0.25) is 0 Å². The molecule has 11 heteroatoms. The van der Waals surface area contributed by atoms with Crippen LogP contribution < -0.4 is 15.2 Å². The number of primary sulfonamides is 1. The van der Waals surface area contributed by atoms with Crippen molar-refractivity contribution in [2.75, 3.05) is 12.4 Å². The van der Waals surface area contributed by atoms with Crippen LogP contribution in [0, 0.1) is 0 Å². The van der Waals surface area contributed by atoms with Crippen LogP contribution in [0.25, 0.3) is 10.9 Å². The number of anilines is 1. The van der Waals surface area contributed by atoms with Gasteiger partial charge >= 0.3 is 0 Å². The van der Waals surface area contributed by atoms with Crippen molar-refractivity contribution in [2.24, 2.45) is 15.4 Å². The summed E-state index contributed by atoms with van der Waals surface area (Å²) in [6.07, 6.45) is 0. The van der Waals surface area contributed by atoms with Gasteiger partial charge in [0, 0.05) is 5.39 Å². The van der Waals surface area contributed by atoms with E-state index in [2.05, 4.69) is 15.5 Å². The lowest BCUT2D eigenvalue weighted by atomic mass is 10.2. The molecule has 0 aliphatic heterocycles. The van der Waals surface area contributed by atoms with Gasteiger partial charge in [-0.2, -0.15) is 0 Å².